The van der Waals surface area contributed by atoms with Gasteiger partial charge in [0.15, 0.2) is 0 Å². The number of amides is 1. The van der Waals surface area contributed by atoms with Crippen molar-refractivity contribution in [2.75, 3.05) is 19.6 Å². The molecule has 3 heteroatoms. The molecule has 3 nitrogen and oxygen atoms in total. The van der Waals surface area contributed by atoms with Crippen LogP contribution < -0.4 is 5.32 Å². The van der Waals surface area contributed by atoms with Crippen molar-refractivity contribution in [1.29, 1.82) is 0 Å². The summed E-state index contributed by atoms with van der Waals surface area (Å²) >= 11 is 0. The molecule has 1 aliphatic carbocycles. The standard InChI is InChI=1S/C17H30N2O/c1-13(2)17(9-10-18-12-17)16(20)19-11-5-8-15(19)14-6-3-4-7-14/h13-15,18H,3-12H2,1-2H3. The van der Waals surface area contributed by atoms with Crippen LogP contribution in [-0.4, -0.2) is 36.5 Å². The maximum atomic E-state index is 13.3. The first-order chi connectivity index (χ1) is 9.65. The second-order valence-electron chi connectivity index (χ2n) is 7.49. The number of nitrogens with one attached hydrogen (secondary N) is 1. The Morgan fingerprint density at radius 2 is 1.95 bits per heavy atom. The summed E-state index contributed by atoms with van der Waals surface area (Å²) < 4.78 is 0. The fraction of sp³-hybridized carbons (Fsp3) is 0.941. The summed E-state index contributed by atoms with van der Waals surface area (Å²) in [7, 11) is 0. The molecule has 2 atom stereocenters. The molecule has 2 heterocycles. The van der Waals surface area contributed by atoms with Crippen LogP contribution in [0.1, 0.15) is 58.8 Å². The number of hydrogen-bond donors (Lipinski definition) is 1. The molecule has 0 radical (unpaired) electrons. The quantitative estimate of drug-likeness (QED) is 0.861. The first-order valence-corrected chi connectivity index (χ1v) is 8.67. The van der Waals surface area contributed by atoms with E-state index in [9.17, 15) is 4.79 Å². The lowest BCUT2D eigenvalue weighted by Gasteiger charge is -2.39. The summed E-state index contributed by atoms with van der Waals surface area (Å²) in [6, 6.07) is 0.557. The SMILES string of the molecule is CC(C)C1(C(=O)N2CCCC2C2CCCC2)CCNC1. The van der Waals surface area contributed by atoms with Gasteiger partial charge in [-0.1, -0.05) is 26.7 Å². The minimum Gasteiger partial charge on any atom is -0.339 e. The topological polar surface area (TPSA) is 32.3 Å². The lowest BCUT2D eigenvalue weighted by atomic mass is 9.75. The Bertz CT molecular complexity index is 354. The summed E-state index contributed by atoms with van der Waals surface area (Å²) in [6.07, 6.45) is 8.94. The zero-order chi connectivity index (χ0) is 14.2. The predicted molar refractivity (Wildman–Crippen MR) is 81.5 cm³/mol. The van der Waals surface area contributed by atoms with Crippen LogP contribution in [0.5, 0.6) is 0 Å². The molecule has 0 spiro atoms. The van der Waals surface area contributed by atoms with Crippen molar-refractivity contribution in [3.05, 3.63) is 0 Å². The average molecular weight is 278 g/mol. The van der Waals surface area contributed by atoms with Gasteiger partial charge in [-0.3, -0.25) is 4.79 Å². The lowest BCUT2D eigenvalue weighted by Crippen LogP contribution is -2.51. The van der Waals surface area contributed by atoms with Crippen molar-refractivity contribution < 1.29 is 4.79 Å². The minimum absolute atomic E-state index is 0.124. The van der Waals surface area contributed by atoms with Gasteiger partial charge in [-0.05, 0) is 50.5 Å². The van der Waals surface area contributed by atoms with E-state index in [1.54, 1.807) is 0 Å². The Morgan fingerprint density at radius 1 is 1.20 bits per heavy atom. The number of carbonyl (C=O) groups is 1. The molecular weight excluding hydrogens is 248 g/mol. The molecule has 3 fully saturated rings. The zero-order valence-electron chi connectivity index (χ0n) is 13.2. The second kappa shape index (κ2) is 5.67. The molecule has 0 aromatic rings. The van der Waals surface area contributed by atoms with Crippen LogP contribution in [0.15, 0.2) is 0 Å². The van der Waals surface area contributed by atoms with Crippen LogP contribution in [0.3, 0.4) is 0 Å². The van der Waals surface area contributed by atoms with Crippen LogP contribution in [0.4, 0.5) is 0 Å². The predicted octanol–water partition coefficient (Wildman–Crippen LogP) is 2.80. The maximum absolute atomic E-state index is 13.3. The van der Waals surface area contributed by atoms with Crippen LogP contribution in [-0.2, 0) is 4.79 Å². The molecule has 1 N–H and O–H groups in total. The van der Waals surface area contributed by atoms with Crippen LogP contribution in [0.25, 0.3) is 0 Å². The van der Waals surface area contributed by atoms with Gasteiger partial charge in [0.05, 0.1) is 5.41 Å². The highest BCUT2D eigenvalue weighted by Crippen LogP contribution is 2.41. The summed E-state index contributed by atoms with van der Waals surface area (Å²) in [6.45, 7) is 7.36. The average Bonchev–Trinajstić information content (AvgIpc) is 3.18. The molecule has 0 aromatic carbocycles. The van der Waals surface area contributed by atoms with Crippen molar-refractivity contribution in [3.63, 3.8) is 0 Å². The lowest BCUT2D eigenvalue weighted by molar-refractivity contribution is -0.145. The Balaban J connectivity index is 1.77. The molecule has 3 aliphatic rings. The summed E-state index contributed by atoms with van der Waals surface area (Å²) in [5.74, 6) is 1.70. The Labute approximate surface area is 123 Å². The van der Waals surface area contributed by atoms with Gasteiger partial charge < -0.3 is 10.2 Å². The van der Waals surface area contributed by atoms with Gasteiger partial charge in [0.25, 0.3) is 0 Å². The fourth-order valence-electron chi connectivity index (χ4n) is 4.80. The van der Waals surface area contributed by atoms with E-state index in [0.717, 1.165) is 32.0 Å². The molecule has 20 heavy (non-hydrogen) atoms. The van der Waals surface area contributed by atoms with Gasteiger partial charge in [0.2, 0.25) is 5.91 Å². The zero-order valence-corrected chi connectivity index (χ0v) is 13.2. The van der Waals surface area contributed by atoms with Gasteiger partial charge in [0.1, 0.15) is 0 Å². The van der Waals surface area contributed by atoms with E-state index in [-0.39, 0.29) is 5.41 Å². The number of rotatable bonds is 3. The Kier molecular flexibility index (Phi) is 4.07. The monoisotopic (exact) mass is 278 g/mol. The van der Waals surface area contributed by atoms with Crippen molar-refractivity contribution in [2.45, 2.75) is 64.8 Å². The molecule has 1 amide bonds. The molecule has 3 rings (SSSR count). The first-order valence-electron chi connectivity index (χ1n) is 8.67. The highest BCUT2D eigenvalue weighted by molar-refractivity contribution is 5.84. The maximum Gasteiger partial charge on any atom is 0.230 e. The van der Waals surface area contributed by atoms with E-state index in [4.69, 9.17) is 0 Å². The number of hydrogen-bond acceptors (Lipinski definition) is 2. The van der Waals surface area contributed by atoms with Gasteiger partial charge in [-0.25, -0.2) is 0 Å². The van der Waals surface area contributed by atoms with Crippen LogP contribution >= 0.6 is 0 Å². The van der Waals surface area contributed by atoms with Gasteiger partial charge in [-0.2, -0.15) is 0 Å². The third kappa shape index (κ3) is 2.28. The smallest absolute Gasteiger partial charge is 0.230 e. The number of nitrogens with zero attached hydrogens (tertiary/aromatic N) is 1. The van der Waals surface area contributed by atoms with E-state index in [1.807, 2.05) is 0 Å². The minimum atomic E-state index is -0.124. The largest absolute Gasteiger partial charge is 0.339 e. The van der Waals surface area contributed by atoms with Gasteiger partial charge in [0, 0.05) is 19.1 Å². The van der Waals surface area contributed by atoms with Crippen molar-refractivity contribution in [3.8, 4) is 0 Å². The number of likely N-dealkylation sites (tertiary alicyclic amines) is 1. The molecule has 0 aromatic heterocycles. The highest BCUT2D eigenvalue weighted by atomic mass is 16.2. The molecule has 1 saturated carbocycles. The van der Waals surface area contributed by atoms with E-state index in [1.165, 1.54) is 38.5 Å². The molecular formula is C17H30N2O. The third-order valence-corrected chi connectivity index (χ3v) is 6.22. The summed E-state index contributed by atoms with van der Waals surface area (Å²) in [4.78, 5) is 15.6. The van der Waals surface area contributed by atoms with Crippen molar-refractivity contribution >= 4 is 5.91 Å². The molecule has 0 bridgehead atoms. The normalized spacial score (nSPS) is 35.4. The Hall–Kier alpha value is -0.570. The van der Waals surface area contributed by atoms with Crippen LogP contribution in [0, 0.1) is 17.3 Å². The highest BCUT2D eigenvalue weighted by Gasteiger charge is 2.49. The van der Waals surface area contributed by atoms with Gasteiger partial charge >= 0.3 is 0 Å². The third-order valence-electron chi connectivity index (χ3n) is 6.22. The van der Waals surface area contributed by atoms with Crippen LogP contribution in [0.2, 0.25) is 0 Å². The first kappa shape index (κ1) is 14.4. The van der Waals surface area contributed by atoms with E-state index >= 15 is 0 Å². The molecule has 2 aliphatic heterocycles. The molecule has 114 valence electrons. The van der Waals surface area contributed by atoms with Crippen molar-refractivity contribution in [1.82, 2.24) is 10.2 Å². The molecule has 2 unspecified atom stereocenters. The fourth-order valence-corrected chi connectivity index (χ4v) is 4.80. The van der Waals surface area contributed by atoms with Crippen molar-refractivity contribution in [2.24, 2.45) is 17.3 Å². The second-order valence-corrected chi connectivity index (χ2v) is 7.49. The summed E-state index contributed by atoms with van der Waals surface area (Å²) in [5.41, 5.74) is -0.124. The number of carbonyl (C=O) groups excluding carboxylic acids is 1. The van der Waals surface area contributed by atoms with Gasteiger partial charge in [-0.15, -0.1) is 0 Å². The van der Waals surface area contributed by atoms with E-state index in [2.05, 4.69) is 24.1 Å². The summed E-state index contributed by atoms with van der Waals surface area (Å²) in [5, 5.41) is 3.44. The van der Waals surface area contributed by atoms with E-state index < -0.39 is 0 Å². The molecule has 2 saturated heterocycles. The van der Waals surface area contributed by atoms with E-state index in [0.29, 0.717) is 17.9 Å². The Morgan fingerprint density at radius 3 is 2.55 bits per heavy atom.